The molecule has 0 aromatic carbocycles. The zero-order chi connectivity index (χ0) is 13.9. The Bertz CT molecular complexity index is 317. The Morgan fingerprint density at radius 2 is 1.37 bits per heavy atom. The van der Waals surface area contributed by atoms with Crippen LogP contribution in [0.4, 0.5) is 0 Å². The fourth-order valence-electron chi connectivity index (χ4n) is 2.83. The van der Waals surface area contributed by atoms with E-state index in [1.54, 1.807) is 0 Å². The molecule has 0 spiro atoms. The molecule has 0 amide bonds. The van der Waals surface area contributed by atoms with Crippen LogP contribution in [0, 0.1) is 0 Å². The Balaban J connectivity index is 2.04. The number of carbonyl (C=O) groups is 2. The van der Waals surface area contributed by atoms with E-state index in [9.17, 15) is 9.59 Å². The van der Waals surface area contributed by atoms with Gasteiger partial charge in [-0.1, -0.05) is 13.8 Å². The van der Waals surface area contributed by atoms with E-state index in [-0.39, 0.29) is 0 Å². The van der Waals surface area contributed by atoms with Crippen LogP contribution in [0.2, 0.25) is 0 Å². The number of hydrogen-bond donors (Lipinski definition) is 0. The molecule has 108 valence electrons. The molecule has 0 saturated carbocycles. The molecule has 5 nitrogen and oxygen atoms in total. The maximum Gasteiger partial charge on any atom is 0.346 e. The number of hydrogen-bond acceptors (Lipinski definition) is 5. The summed E-state index contributed by atoms with van der Waals surface area (Å²) in [7, 11) is 0. The highest BCUT2D eigenvalue weighted by Crippen LogP contribution is 2.34. The second-order valence-corrected chi connectivity index (χ2v) is 5.28. The normalized spacial score (nSPS) is 34.4. The molecule has 2 saturated heterocycles. The number of esters is 2. The standard InChI is InChI=1S/C14H22O5/c1-3-13(7-5-9-17-13)11(15)19-12(16)14(4-2)8-6-10-18-14/h3-10H2,1-2H3/t13-,14+. The van der Waals surface area contributed by atoms with Crippen molar-refractivity contribution in [3.05, 3.63) is 0 Å². The van der Waals surface area contributed by atoms with Gasteiger partial charge in [-0.25, -0.2) is 9.59 Å². The molecule has 2 aliphatic heterocycles. The third kappa shape index (κ3) is 2.54. The number of carbonyl (C=O) groups excluding carboxylic acids is 2. The molecule has 2 aliphatic rings. The summed E-state index contributed by atoms with van der Waals surface area (Å²) in [5, 5.41) is 0. The van der Waals surface area contributed by atoms with Crippen molar-refractivity contribution >= 4 is 11.9 Å². The molecule has 0 unspecified atom stereocenters. The summed E-state index contributed by atoms with van der Waals surface area (Å²) in [6, 6.07) is 0. The van der Waals surface area contributed by atoms with E-state index in [1.165, 1.54) is 0 Å². The summed E-state index contributed by atoms with van der Waals surface area (Å²) in [6.07, 6.45) is 3.95. The smallest absolute Gasteiger partial charge is 0.346 e. The molecule has 0 aromatic rings. The maximum absolute atomic E-state index is 12.2. The van der Waals surface area contributed by atoms with Crippen molar-refractivity contribution in [3.8, 4) is 0 Å². The Morgan fingerprint density at radius 3 is 1.63 bits per heavy atom. The Kier molecular flexibility index (Phi) is 4.26. The van der Waals surface area contributed by atoms with Gasteiger partial charge in [0.05, 0.1) is 0 Å². The van der Waals surface area contributed by atoms with Crippen LogP contribution in [0.5, 0.6) is 0 Å². The summed E-state index contributed by atoms with van der Waals surface area (Å²) in [4.78, 5) is 24.4. The van der Waals surface area contributed by atoms with Crippen LogP contribution in [0.15, 0.2) is 0 Å². The van der Waals surface area contributed by atoms with Crippen molar-refractivity contribution in [2.45, 2.75) is 63.6 Å². The molecule has 0 bridgehead atoms. The zero-order valence-electron chi connectivity index (χ0n) is 11.7. The van der Waals surface area contributed by atoms with Gasteiger partial charge in [-0.05, 0) is 38.5 Å². The van der Waals surface area contributed by atoms with Gasteiger partial charge in [0.25, 0.3) is 0 Å². The van der Waals surface area contributed by atoms with Gasteiger partial charge in [0, 0.05) is 13.2 Å². The van der Waals surface area contributed by atoms with Crippen molar-refractivity contribution in [1.29, 1.82) is 0 Å². The minimum Gasteiger partial charge on any atom is -0.389 e. The second kappa shape index (κ2) is 5.59. The molecular weight excluding hydrogens is 248 g/mol. The van der Waals surface area contributed by atoms with Crippen molar-refractivity contribution in [3.63, 3.8) is 0 Å². The molecule has 0 aromatic heterocycles. The summed E-state index contributed by atoms with van der Waals surface area (Å²) >= 11 is 0. The van der Waals surface area contributed by atoms with Crippen molar-refractivity contribution in [1.82, 2.24) is 0 Å². The van der Waals surface area contributed by atoms with Crippen LogP contribution in [-0.2, 0) is 23.8 Å². The van der Waals surface area contributed by atoms with E-state index in [0.717, 1.165) is 12.8 Å². The van der Waals surface area contributed by atoms with Crippen LogP contribution < -0.4 is 0 Å². The first-order chi connectivity index (χ1) is 9.08. The van der Waals surface area contributed by atoms with Crippen LogP contribution in [-0.4, -0.2) is 36.4 Å². The van der Waals surface area contributed by atoms with Crippen molar-refractivity contribution < 1.29 is 23.8 Å². The SMILES string of the molecule is CC[C@]1(C(=O)OC(=O)[C@]2(CC)CCCO2)CCCO1. The average Bonchev–Trinajstić information content (AvgIpc) is 3.09. The highest BCUT2D eigenvalue weighted by Gasteiger charge is 2.48. The molecular formula is C14H22O5. The largest absolute Gasteiger partial charge is 0.389 e. The average molecular weight is 270 g/mol. The monoisotopic (exact) mass is 270 g/mol. The lowest BCUT2D eigenvalue weighted by Crippen LogP contribution is -2.46. The topological polar surface area (TPSA) is 61.8 Å². The van der Waals surface area contributed by atoms with Gasteiger partial charge in [0.15, 0.2) is 11.2 Å². The Morgan fingerprint density at radius 1 is 0.947 bits per heavy atom. The zero-order valence-corrected chi connectivity index (χ0v) is 11.7. The van der Waals surface area contributed by atoms with E-state index < -0.39 is 23.1 Å². The fraction of sp³-hybridized carbons (Fsp3) is 0.857. The van der Waals surface area contributed by atoms with Crippen LogP contribution >= 0.6 is 0 Å². The fourth-order valence-corrected chi connectivity index (χ4v) is 2.83. The molecule has 0 aliphatic carbocycles. The summed E-state index contributed by atoms with van der Waals surface area (Å²) in [5.74, 6) is -1.11. The third-order valence-electron chi connectivity index (χ3n) is 4.28. The molecule has 2 rings (SSSR count). The first-order valence-electron chi connectivity index (χ1n) is 7.13. The van der Waals surface area contributed by atoms with E-state index in [1.807, 2.05) is 13.8 Å². The van der Waals surface area contributed by atoms with E-state index in [2.05, 4.69) is 0 Å². The van der Waals surface area contributed by atoms with Gasteiger partial charge >= 0.3 is 11.9 Å². The molecule has 0 N–H and O–H groups in total. The van der Waals surface area contributed by atoms with Gasteiger partial charge in [-0.3, -0.25) is 0 Å². The Hall–Kier alpha value is -0.940. The van der Waals surface area contributed by atoms with Gasteiger partial charge < -0.3 is 14.2 Å². The lowest BCUT2D eigenvalue weighted by molar-refractivity contribution is -0.187. The minimum absolute atomic E-state index is 0.527. The maximum atomic E-state index is 12.2. The van der Waals surface area contributed by atoms with Gasteiger partial charge in [0.2, 0.25) is 0 Å². The minimum atomic E-state index is -0.927. The summed E-state index contributed by atoms with van der Waals surface area (Å²) < 4.78 is 16.1. The van der Waals surface area contributed by atoms with Gasteiger partial charge in [0.1, 0.15) is 0 Å². The molecule has 2 heterocycles. The van der Waals surface area contributed by atoms with Crippen LogP contribution in [0.25, 0.3) is 0 Å². The second-order valence-electron chi connectivity index (χ2n) is 5.28. The molecule has 5 heteroatoms. The molecule has 0 radical (unpaired) electrons. The molecule has 2 fully saturated rings. The molecule has 2 atom stereocenters. The van der Waals surface area contributed by atoms with E-state index in [0.29, 0.717) is 38.9 Å². The summed E-state index contributed by atoms with van der Waals surface area (Å²) in [6.45, 7) is 4.84. The summed E-state index contributed by atoms with van der Waals surface area (Å²) in [5.41, 5.74) is -1.85. The lowest BCUT2D eigenvalue weighted by Gasteiger charge is -2.28. The van der Waals surface area contributed by atoms with E-state index >= 15 is 0 Å². The molecule has 19 heavy (non-hydrogen) atoms. The lowest BCUT2D eigenvalue weighted by atomic mass is 9.95. The quantitative estimate of drug-likeness (QED) is 0.577. The third-order valence-corrected chi connectivity index (χ3v) is 4.28. The highest BCUT2D eigenvalue weighted by atomic mass is 16.6. The van der Waals surface area contributed by atoms with Gasteiger partial charge in [-0.2, -0.15) is 0 Å². The van der Waals surface area contributed by atoms with E-state index in [4.69, 9.17) is 14.2 Å². The first kappa shape index (κ1) is 14.5. The van der Waals surface area contributed by atoms with Crippen LogP contribution in [0.1, 0.15) is 52.4 Å². The van der Waals surface area contributed by atoms with Crippen LogP contribution in [0.3, 0.4) is 0 Å². The number of ether oxygens (including phenoxy) is 3. The Labute approximate surface area is 113 Å². The van der Waals surface area contributed by atoms with Crippen molar-refractivity contribution in [2.24, 2.45) is 0 Å². The number of rotatable bonds is 4. The first-order valence-corrected chi connectivity index (χ1v) is 7.13. The highest BCUT2D eigenvalue weighted by molar-refractivity contribution is 5.94. The predicted octanol–water partition coefficient (Wildman–Crippen LogP) is 1.97. The van der Waals surface area contributed by atoms with Crippen molar-refractivity contribution in [2.75, 3.05) is 13.2 Å². The van der Waals surface area contributed by atoms with Gasteiger partial charge in [-0.15, -0.1) is 0 Å². The predicted molar refractivity (Wildman–Crippen MR) is 67.5 cm³/mol.